The molecule has 0 fully saturated rings. The van der Waals surface area contributed by atoms with Crippen LogP contribution in [0.2, 0.25) is 0 Å². The average Bonchev–Trinajstić information content (AvgIpc) is 2.40. The third kappa shape index (κ3) is 3.66. The zero-order valence-electron chi connectivity index (χ0n) is 11.2. The maximum atomic E-state index is 5.52. The van der Waals surface area contributed by atoms with E-state index >= 15 is 0 Å². The predicted molar refractivity (Wildman–Crippen MR) is 75.8 cm³/mol. The van der Waals surface area contributed by atoms with E-state index in [-0.39, 0.29) is 0 Å². The lowest BCUT2D eigenvalue weighted by Gasteiger charge is -2.08. The number of nitrogens with two attached hydrogens (primary N) is 1. The number of nitrogens with zero attached hydrogens (tertiary/aromatic N) is 2. The maximum Gasteiger partial charge on any atom is 0.230 e. The van der Waals surface area contributed by atoms with E-state index in [0.717, 1.165) is 17.8 Å². The number of nitrogens with one attached hydrogen (secondary N) is 1. The summed E-state index contributed by atoms with van der Waals surface area (Å²) in [7, 11) is 1.59. The number of anilines is 2. The van der Waals surface area contributed by atoms with Crippen LogP contribution in [-0.4, -0.2) is 23.6 Å². The highest BCUT2D eigenvalue weighted by Crippen LogP contribution is 2.17. The third-order valence-corrected chi connectivity index (χ3v) is 2.68. The molecule has 19 heavy (non-hydrogen) atoms. The van der Waals surface area contributed by atoms with Crippen LogP contribution in [0.3, 0.4) is 0 Å². The van der Waals surface area contributed by atoms with E-state index in [1.54, 1.807) is 13.2 Å². The number of rotatable bonds is 5. The molecule has 1 aromatic carbocycles. The number of benzene rings is 1. The normalized spacial score (nSPS) is 10.3. The highest BCUT2D eigenvalue weighted by molar-refractivity contribution is 5.54. The van der Waals surface area contributed by atoms with Gasteiger partial charge in [0.2, 0.25) is 11.8 Å². The van der Waals surface area contributed by atoms with Crippen molar-refractivity contribution in [1.82, 2.24) is 9.97 Å². The SMILES string of the molecule is COc1cc(C)nc(Nc2ccc(CCN)cc2)n1. The number of hydrogen-bond acceptors (Lipinski definition) is 5. The second-order valence-corrected chi connectivity index (χ2v) is 4.24. The van der Waals surface area contributed by atoms with E-state index in [9.17, 15) is 0 Å². The minimum Gasteiger partial charge on any atom is -0.481 e. The van der Waals surface area contributed by atoms with Gasteiger partial charge in [-0.2, -0.15) is 4.98 Å². The van der Waals surface area contributed by atoms with Gasteiger partial charge in [0, 0.05) is 17.4 Å². The van der Waals surface area contributed by atoms with Crippen molar-refractivity contribution in [3.8, 4) is 5.88 Å². The number of methoxy groups -OCH3 is 1. The molecule has 0 bridgehead atoms. The van der Waals surface area contributed by atoms with E-state index in [0.29, 0.717) is 18.4 Å². The summed E-state index contributed by atoms with van der Waals surface area (Å²) in [5.41, 5.74) is 8.53. The number of aryl methyl sites for hydroxylation is 1. The summed E-state index contributed by atoms with van der Waals surface area (Å²) >= 11 is 0. The second kappa shape index (κ2) is 6.15. The van der Waals surface area contributed by atoms with Gasteiger partial charge in [0.15, 0.2) is 0 Å². The van der Waals surface area contributed by atoms with E-state index in [2.05, 4.69) is 15.3 Å². The van der Waals surface area contributed by atoms with Crippen LogP contribution in [0.25, 0.3) is 0 Å². The van der Waals surface area contributed by atoms with Gasteiger partial charge in [-0.25, -0.2) is 4.98 Å². The van der Waals surface area contributed by atoms with Gasteiger partial charge in [0.25, 0.3) is 0 Å². The maximum absolute atomic E-state index is 5.52. The largest absolute Gasteiger partial charge is 0.481 e. The smallest absolute Gasteiger partial charge is 0.230 e. The standard InChI is InChI=1S/C14H18N4O/c1-10-9-13(19-2)18-14(16-10)17-12-5-3-11(4-6-12)7-8-15/h3-6,9H,7-8,15H2,1-2H3,(H,16,17,18). The molecule has 0 amide bonds. The summed E-state index contributed by atoms with van der Waals surface area (Å²) < 4.78 is 5.12. The lowest BCUT2D eigenvalue weighted by atomic mass is 10.1. The van der Waals surface area contributed by atoms with Crippen LogP contribution >= 0.6 is 0 Å². The van der Waals surface area contributed by atoms with Crippen LogP contribution < -0.4 is 15.8 Å². The fourth-order valence-electron chi connectivity index (χ4n) is 1.75. The Hall–Kier alpha value is -2.14. The van der Waals surface area contributed by atoms with Crippen LogP contribution in [0.5, 0.6) is 5.88 Å². The number of ether oxygens (including phenoxy) is 1. The lowest BCUT2D eigenvalue weighted by Crippen LogP contribution is -2.03. The molecule has 100 valence electrons. The van der Waals surface area contributed by atoms with Gasteiger partial charge in [-0.3, -0.25) is 0 Å². The van der Waals surface area contributed by atoms with Crippen molar-refractivity contribution in [3.05, 3.63) is 41.6 Å². The molecule has 0 aliphatic heterocycles. The molecule has 0 unspecified atom stereocenters. The molecular formula is C14H18N4O. The van der Waals surface area contributed by atoms with Crippen molar-refractivity contribution in [3.63, 3.8) is 0 Å². The zero-order chi connectivity index (χ0) is 13.7. The van der Waals surface area contributed by atoms with E-state index in [1.807, 2.05) is 31.2 Å². The van der Waals surface area contributed by atoms with Crippen molar-refractivity contribution >= 4 is 11.6 Å². The minimum absolute atomic E-state index is 0.531. The minimum atomic E-state index is 0.531. The topological polar surface area (TPSA) is 73.1 Å². The molecule has 0 atom stereocenters. The molecule has 2 rings (SSSR count). The Morgan fingerprint density at radius 3 is 2.58 bits per heavy atom. The molecule has 0 aliphatic carbocycles. The van der Waals surface area contributed by atoms with Crippen molar-refractivity contribution in [2.75, 3.05) is 19.0 Å². The van der Waals surface area contributed by atoms with E-state index in [4.69, 9.17) is 10.5 Å². The third-order valence-electron chi connectivity index (χ3n) is 2.68. The van der Waals surface area contributed by atoms with Crippen LogP contribution in [0, 0.1) is 6.92 Å². The molecule has 5 heteroatoms. The first kappa shape index (κ1) is 13.3. The Bertz CT molecular complexity index is 540. The van der Waals surface area contributed by atoms with Crippen LogP contribution in [0.4, 0.5) is 11.6 Å². The van der Waals surface area contributed by atoms with Crippen LogP contribution in [0.15, 0.2) is 30.3 Å². The van der Waals surface area contributed by atoms with Gasteiger partial charge >= 0.3 is 0 Å². The molecule has 0 radical (unpaired) electrons. The molecule has 0 spiro atoms. The molecule has 2 aromatic rings. The Morgan fingerprint density at radius 1 is 1.21 bits per heavy atom. The first-order valence-electron chi connectivity index (χ1n) is 6.17. The van der Waals surface area contributed by atoms with E-state index < -0.39 is 0 Å². The average molecular weight is 258 g/mol. The molecule has 0 aliphatic rings. The van der Waals surface area contributed by atoms with E-state index in [1.165, 1.54) is 5.56 Å². The van der Waals surface area contributed by atoms with Crippen molar-refractivity contribution in [1.29, 1.82) is 0 Å². The summed E-state index contributed by atoms with van der Waals surface area (Å²) in [6.07, 6.45) is 0.884. The first-order chi connectivity index (χ1) is 9.21. The second-order valence-electron chi connectivity index (χ2n) is 4.24. The highest BCUT2D eigenvalue weighted by Gasteiger charge is 2.02. The van der Waals surface area contributed by atoms with Crippen molar-refractivity contribution in [2.24, 2.45) is 5.73 Å². The van der Waals surface area contributed by atoms with Gasteiger partial charge in [-0.05, 0) is 37.6 Å². The van der Waals surface area contributed by atoms with Gasteiger partial charge in [0.1, 0.15) is 0 Å². The summed E-state index contributed by atoms with van der Waals surface area (Å²) in [5.74, 6) is 1.08. The lowest BCUT2D eigenvalue weighted by molar-refractivity contribution is 0.397. The molecule has 0 saturated carbocycles. The fraction of sp³-hybridized carbons (Fsp3) is 0.286. The quantitative estimate of drug-likeness (QED) is 0.858. The van der Waals surface area contributed by atoms with Crippen LogP contribution in [0.1, 0.15) is 11.3 Å². The summed E-state index contributed by atoms with van der Waals surface area (Å²) in [6, 6.07) is 9.85. The van der Waals surface area contributed by atoms with Crippen molar-refractivity contribution in [2.45, 2.75) is 13.3 Å². The molecule has 3 N–H and O–H groups in total. The molecule has 1 heterocycles. The summed E-state index contributed by atoms with van der Waals surface area (Å²) in [5, 5.41) is 3.16. The van der Waals surface area contributed by atoms with Gasteiger partial charge < -0.3 is 15.8 Å². The number of aromatic nitrogens is 2. The highest BCUT2D eigenvalue weighted by atomic mass is 16.5. The Labute approximate surface area is 112 Å². The Morgan fingerprint density at radius 2 is 1.95 bits per heavy atom. The first-order valence-corrected chi connectivity index (χ1v) is 6.17. The van der Waals surface area contributed by atoms with Crippen LogP contribution in [-0.2, 0) is 6.42 Å². The summed E-state index contributed by atoms with van der Waals surface area (Å²) in [4.78, 5) is 8.56. The zero-order valence-corrected chi connectivity index (χ0v) is 11.2. The number of hydrogen-bond donors (Lipinski definition) is 2. The summed E-state index contributed by atoms with van der Waals surface area (Å²) in [6.45, 7) is 2.56. The Balaban J connectivity index is 2.14. The van der Waals surface area contributed by atoms with Gasteiger partial charge in [-0.1, -0.05) is 12.1 Å². The molecule has 1 aromatic heterocycles. The molecule has 0 saturated heterocycles. The van der Waals surface area contributed by atoms with Gasteiger partial charge in [-0.15, -0.1) is 0 Å². The molecule has 5 nitrogen and oxygen atoms in total. The molecular weight excluding hydrogens is 240 g/mol. The predicted octanol–water partition coefficient (Wildman–Crippen LogP) is 2.04. The monoisotopic (exact) mass is 258 g/mol. The fourth-order valence-corrected chi connectivity index (χ4v) is 1.75. The van der Waals surface area contributed by atoms with Crippen molar-refractivity contribution < 1.29 is 4.74 Å². The van der Waals surface area contributed by atoms with Gasteiger partial charge in [0.05, 0.1) is 7.11 Å². The Kier molecular flexibility index (Phi) is 4.30.